The highest BCUT2D eigenvalue weighted by Gasteiger charge is 2.28. The van der Waals surface area contributed by atoms with Gasteiger partial charge in [-0.1, -0.05) is 13.8 Å². The zero-order valence-corrected chi connectivity index (χ0v) is 16.3. The van der Waals surface area contributed by atoms with Crippen molar-refractivity contribution in [2.45, 2.75) is 32.6 Å². The fraction of sp³-hybridized carbons (Fsp3) is 0.533. The van der Waals surface area contributed by atoms with Crippen LogP contribution >= 0.6 is 24.8 Å². The number of amides is 2. The maximum atomic E-state index is 12.1. The summed E-state index contributed by atoms with van der Waals surface area (Å²) in [5, 5.41) is 4.93. The minimum absolute atomic E-state index is 0. The third kappa shape index (κ3) is 11.5. The number of alkyl halides is 3. The lowest BCUT2D eigenvalue weighted by Gasteiger charge is -2.15. The minimum atomic E-state index is -4.46. The van der Waals surface area contributed by atoms with Gasteiger partial charge in [0, 0.05) is 18.8 Å². The first-order valence-electron chi connectivity index (χ1n) is 7.53. The largest absolute Gasteiger partial charge is 0.468 e. The summed E-state index contributed by atoms with van der Waals surface area (Å²) in [7, 11) is 0. The molecule has 1 aromatic rings. The van der Waals surface area contributed by atoms with Gasteiger partial charge < -0.3 is 21.1 Å². The molecule has 1 aromatic heterocycles. The molecule has 0 spiro atoms. The summed E-state index contributed by atoms with van der Waals surface area (Å²) in [6.07, 6.45) is -3.18. The van der Waals surface area contributed by atoms with Crippen molar-refractivity contribution in [1.29, 1.82) is 0 Å². The van der Waals surface area contributed by atoms with Crippen LogP contribution in [0.25, 0.3) is 0 Å². The fourth-order valence-corrected chi connectivity index (χ4v) is 1.65. The highest BCUT2D eigenvalue weighted by atomic mass is 35.5. The molecule has 27 heavy (non-hydrogen) atoms. The van der Waals surface area contributed by atoms with E-state index in [-0.39, 0.29) is 49.7 Å². The van der Waals surface area contributed by atoms with Gasteiger partial charge in [0.1, 0.15) is 0 Å². The Hall–Kier alpha value is -1.78. The van der Waals surface area contributed by atoms with Crippen molar-refractivity contribution in [3.8, 4) is 5.88 Å². The highest BCUT2D eigenvalue weighted by molar-refractivity contribution is 5.87. The molecule has 0 bridgehead atoms. The van der Waals surface area contributed by atoms with E-state index >= 15 is 0 Å². The first-order valence-corrected chi connectivity index (χ1v) is 7.53. The SMILES string of the molecule is CC(C)[C@H](N)C(=O)NCC(=O)NCc1ccnc(OCC(F)(F)F)c1.Cl.Cl. The normalized spacial score (nSPS) is 11.7. The van der Waals surface area contributed by atoms with E-state index in [1.807, 2.05) is 0 Å². The molecule has 0 saturated carbocycles. The van der Waals surface area contributed by atoms with Crippen LogP contribution in [-0.4, -0.2) is 42.2 Å². The van der Waals surface area contributed by atoms with Gasteiger partial charge in [0.2, 0.25) is 17.7 Å². The number of rotatable bonds is 8. The molecule has 156 valence electrons. The average molecular weight is 435 g/mol. The molecule has 0 aliphatic rings. The van der Waals surface area contributed by atoms with Crippen molar-refractivity contribution in [3.63, 3.8) is 0 Å². The van der Waals surface area contributed by atoms with Crippen molar-refractivity contribution < 1.29 is 27.5 Å². The number of hydrogen-bond donors (Lipinski definition) is 3. The lowest BCUT2D eigenvalue weighted by atomic mass is 10.1. The Labute approximate surface area is 167 Å². The number of carbonyl (C=O) groups is 2. The first kappa shape index (κ1) is 27.4. The summed E-state index contributed by atoms with van der Waals surface area (Å²) in [5.74, 6) is -1.15. The Morgan fingerprint density at radius 1 is 1.26 bits per heavy atom. The van der Waals surface area contributed by atoms with Gasteiger partial charge in [-0.3, -0.25) is 9.59 Å². The number of pyridine rings is 1. The second kappa shape index (κ2) is 12.6. The van der Waals surface area contributed by atoms with Gasteiger partial charge in [-0.05, 0) is 17.5 Å². The summed E-state index contributed by atoms with van der Waals surface area (Å²) in [4.78, 5) is 27.0. The van der Waals surface area contributed by atoms with Gasteiger partial charge in [0.15, 0.2) is 6.61 Å². The van der Waals surface area contributed by atoms with Crippen LogP contribution < -0.4 is 21.1 Å². The van der Waals surface area contributed by atoms with E-state index in [0.29, 0.717) is 5.56 Å². The fourth-order valence-electron chi connectivity index (χ4n) is 1.65. The summed E-state index contributed by atoms with van der Waals surface area (Å²) in [5.41, 5.74) is 6.15. The van der Waals surface area contributed by atoms with Crippen molar-refractivity contribution in [1.82, 2.24) is 15.6 Å². The maximum Gasteiger partial charge on any atom is 0.422 e. The predicted molar refractivity (Wildman–Crippen MR) is 98.0 cm³/mol. The van der Waals surface area contributed by atoms with Gasteiger partial charge in [-0.2, -0.15) is 13.2 Å². The van der Waals surface area contributed by atoms with E-state index in [0.717, 1.165) is 0 Å². The lowest BCUT2D eigenvalue weighted by molar-refractivity contribution is -0.154. The van der Waals surface area contributed by atoms with E-state index in [1.54, 1.807) is 13.8 Å². The molecule has 0 aliphatic heterocycles. The Balaban J connectivity index is 0. The number of carbonyl (C=O) groups excluding carboxylic acids is 2. The number of aromatic nitrogens is 1. The van der Waals surface area contributed by atoms with Crippen molar-refractivity contribution >= 4 is 36.6 Å². The average Bonchev–Trinajstić information content (AvgIpc) is 2.55. The van der Waals surface area contributed by atoms with Crippen LogP contribution in [0.5, 0.6) is 5.88 Å². The Kier molecular flexibility index (Phi) is 12.8. The van der Waals surface area contributed by atoms with Crippen LogP contribution in [0.4, 0.5) is 13.2 Å². The van der Waals surface area contributed by atoms with E-state index in [9.17, 15) is 22.8 Å². The molecule has 0 unspecified atom stereocenters. The molecule has 1 rings (SSSR count). The summed E-state index contributed by atoms with van der Waals surface area (Å²) in [6.45, 7) is 1.92. The van der Waals surface area contributed by atoms with Gasteiger partial charge in [0.05, 0.1) is 12.6 Å². The lowest BCUT2D eigenvalue weighted by Crippen LogP contribution is -2.47. The second-order valence-corrected chi connectivity index (χ2v) is 5.67. The quantitative estimate of drug-likeness (QED) is 0.575. The number of nitrogens with one attached hydrogen (secondary N) is 2. The highest BCUT2D eigenvalue weighted by Crippen LogP contribution is 2.17. The van der Waals surface area contributed by atoms with Gasteiger partial charge in [-0.15, -0.1) is 24.8 Å². The molecule has 7 nitrogen and oxygen atoms in total. The minimum Gasteiger partial charge on any atom is -0.468 e. The first-order chi connectivity index (χ1) is 11.6. The molecule has 4 N–H and O–H groups in total. The second-order valence-electron chi connectivity index (χ2n) is 5.67. The Morgan fingerprint density at radius 3 is 2.44 bits per heavy atom. The molecule has 12 heteroatoms. The number of nitrogens with two attached hydrogens (primary N) is 1. The van der Waals surface area contributed by atoms with Crippen LogP contribution in [0.15, 0.2) is 18.3 Å². The molecule has 1 atom stereocenters. The molecular weight excluding hydrogens is 412 g/mol. The number of ether oxygens (including phenoxy) is 1. The van der Waals surface area contributed by atoms with E-state index in [1.165, 1.54) is 18.3 Å². The summed E-state index contributed by atoms with van der Waals surface area (Å²) in [6, 6.07) is 2.11. The zero-order valence-electron chi connectivity index (χ0n) is 14.7. The van der Waals surface area contributed by atoms with Crippen molar-refractivity contribution in [2.24, 2.45) is 11.7 Å². The Bertz CT molecular complexity index is 604. The van der Waals surface area contributed by atoms with Crippen LogP contribution in [-0.2, 0) is 16.1 Å². The molecule has 0 aliphatic carbocycles. The molecular formula is C15H23Cl2F3N4O3. The van der Waals surface area contributed by atoms with E-state index in [2.05, 4.69) is 20.4 Å². The van der Waals surface area contributed by atoms with Gasteiger partial charge >= 0.3 is 6.18 Å². The summed E-state index contributed by atoms with van der Waals surface area (Å²) >= 11 is 0. The van der Waals surface area contributed by atoms with Crippen LogP contribution in [0.2, 0.25) is 0 Å². The maximum absolute atomic E-state index is 12.1. The number of nitrogens with zero attached hydrogens (tertiary/aromatic N) is 1. The Morgan fingerprint density at radius 2 is 1.89 bits per heavy atom. The summed E-state index contributed by atoms with van der Waals surface area (Å²) < 4.78 is 40.8. The molecule has 0 saturated heterocycles. The topological polar surface area (TPSA) is 106 Å². The van der Waals surface area contributed by atoms with Gasteiger partial charge in [-0.25, -0.2) is 4.98 Å². The predicted octanol–water partition coefficient (Wildman–Crippen LogP) is 1.58. The monoisotopic (exact) mass is 434 g/mol. The molecule has 1 heterocycles. The zero-order chi connectivity index (χ0) is 19.0. The third-order valence-electron chi connectivity index (χ3n) is 3.12. The van der Waals surface area contributed by atoms with Crippen LogP contribution in [0, 0.1) is 5.92 Å². The molecule has 0 radical (unpaired) electrons. The molecule has 0 aromatic carbocycles. The van der Waals surface area contributed by atoms with Crippen LogP contribution in [0.3, 0.4) is 0 Å². The van der Waals surface area contributed by atoms with E-state index in [4.69, 9.17) is 5.73 Å². The third-order valence-corrected chi connectivity index (χ3v) is 3.12. The number of hydrogen-bond acceptors (Lipinski definition) is 5. The smallest absolute Gasteiger partial charge is 0.422 e. The molecule has 0 fully saturated rings. The van der Waals surface area contributed by atoms with Crippen molar-refractivity contribution in [2.75, 3.05) is 13.2 Å². The standard InChI is InChI=1S/C15H21F3N4O3.2ClH/c1-9(2)13(19)14(24)22-7-11(23)21-6-10-3-4-20-12(5-10)25-8-15(16,17)18;;/h3-5,9,13H,6-8,19H2,1-2H3,(H,21,23)(H,22,24);2*1H/t13-;;/m0../s1. The molecule has 2 amide bonds. The van der Waals surface area contributed by atoms with E-state index < -0.39 is 30.6 Å². The van der Waals surface area contributed by atoms with Crippen molar-refractivity contribution in [3.05, 3.63) is 23.9 Å². The van der Waals surface area contributed by atoms with Crippen LogP contribution in [0.1, 0.15) is 19.4 Å². The number of halogens is 5. The van der Waals surface area contributed by atoms with Gasteiger partial charge in [0.25, 0.3) is 0 Å².